The van der Waals surface area contributed by atoms with E-state index in [4.69, 9.17) is 4.74 Å². The SMILES string of the molecule is CCCCCCCC/C=C\CCCCCCCCCCCC(=O)OC1CCCC1. The number of ether oxygens (including phenoxy) is 1. The smallest absolute Gasteiger partial charge is 0.306 e. The van der Waals surface area contributed by atoms with Gasteiger partial charge in [-0.05, 0) is 57.8 Å². The fourth-order valence-electron chi connectivity index (χ4n) is 4.30. The van der Waals surface area contributed by atoms with Gasteiger partial charge in [-0.25, -0.2) is 0 Å². The van der Waals surface area contributed by atoms with Gasteiger partial charge in [0.05, 0.1) is 0 Å². The average Bonchev–Trinajstić information content (AvgIpc) is 3.22. The maximum atomic E-state index is 11.8. The Morgan fingerprint density at radius 1 is 0.690 bits per heavy atom. The highest BCUT2D eigenvalue weighted by Gasteiger charge is 2.18. The number of unbranched alkanes of at least 4 members (excludes halogenated alkanes) is 15. The van der Waals surface area contributed by atoms with Crippen LogP contribution in [0, 0.1) is 0 Å². The third kappa shape index (κ3) is 17.8. The molecule has 0 heterocycles. The van der Waals surface area contributed by atoms with Crippen LogP contribution in [0.1, 0.15) is 148 Å². The normalized spacial score (nSPS) is 14.8. The third-order valence-electron chi connectivity index (χ3n) is 6.24. The summed E-state index contributed by atoms with van der Waals surface area (Å²) in [4.78, 5) is 11.8. The molecular weight excluding hydrogens is 356 g/mol. The Hall–Kier alpha value is -0.790. The molecule has 2 nitrogen and oxygen atoms in total. The van der Waals surface area contributed by atoms with Gasteiger partial charge < -0.3 is 4.74 Å². The van der Waals surface area contributed by atoms with Crippen LogP contribution in [0.2, 0.25) is 0 Å². The van der Waals surface area contributed by atoms with Crippen LogP contribution in [-0.2, 0) is 9.53 Å². The van der Waals surface area contributed by atoms with Crippen molar-refractivity contribution in [3.05, 3.63) is 12.2 Å². The molecule has 1 aliphatic rings. The molecule has 0 aromatic rings. The van der Waals surface area contributed by atoms with Crippen molar-refractivity contribution in [2.24, 2.45) is 0 Å². The van der Waals surface area contributed by atoms with E-state index in [0.29, 0.717) is 6.42 Å². The zero-order valence-electron chi connectivity index (χ0n) is 19.6. The van der Waals surface area contributed by atoms with E-state index in [1.807, 2.05) is 0 Å². The van der Waals surface area contributed by atoms with Crippen LogP contribution in [0.3, 0.4) is 0 Å². The summed E-state index contributed by atoms with van der Waals surface area (Å²) >= 11 is 0. The molecule has 2 heteroatoms. The Kier molecular flexibility index (Phi) is 18.5. The highest BCUT2D eigenvalue weighted by Crippen LogP contribution is 2.21. The predicted octanol–water partition coefficient (Wildman–Crippen LogP) is 9.07. The molecule has 1 aliphatic carbocycles. The van der Waals surface area contributed by atoms with Crippen molar-refractivity contribution in [3.63, 3.8) is 0 Å². The van der Waals surface area contributed by atoms with Gasteiger partial charge in [-0.2, -0.15) is 0 Å². The number of rotatable bonds is 20. The van der Waals surface area contributed by atoms with Crippen LogP contribution in [0.5, 0.6) is 0 Å². The predicted molar refractivity (Wildman–Crippen MR) is 126 cm³/mol. The molecule has 0 aromatic carbocycles. The van der Waals surface area contributed by atoms with Gasteiger partial charge in [0.15, 0.2) is 0 Å². The number of esters is 1. The van der Waals surface area contributed by atoms with Crippen LogP contribution < -0.4 is 0 Å². The molecule has 1 fully saturated rings. The molecular formula is C27H50O2. The summed E-state index contributed by atoms with van der Waals surface area (Å²) < 4.78 is 5.50. The Labute approximate surface area is 182 Å². The Bertz CT molecular complexity index is 382. The van der Waals surface area contributed by atoms with Crippen molar-refractivity contribution in [1.29, 1.82) is 0 Å². The van der Waals surface area contributed by atoms with E-state index in [9.17, 15) is 4.79 Å². The lowest BCUT2D eigenvalue weighted by atomic mass is 10.1. The monoisotopic (exact) mass is 406 g/mol. The summed E-state index contributed by atoms with van der Waals surface area (Å²) in [6.45, 7) is 2.28. The van der Waals surface area contributed by atoms with E-state index >= 15 is 0 Å². The quantitative estimate of drug-likeness (QED) is 0.114. The summed E-state index contributed by atoms with van der Waals surface area (Å²) in [5.74, 6) is 0.0397. The van der Waals surface area contributed by atoms with Gasteiger partial charge in [-0.1, -0.05) is 96.1 Å². The van der Waals surface area contributed by atoms with Crippen molar-refractivity contribution in [1.82, 2.24) is 0 Å². The van der Waals surface area contributed by atoms with E-state index < -0.39 is 0 Å². The molecule has 0 radical (unpaired) electrons. The number of hydrogen-bond acceptors (Lipinski definition) is 2. The fraction of sp³-hybridized carbons (Fsp3) is 0.889. The molecule has 0 saturated heterocycles. The average molecular weight is 407 g/mol. The lowest BCUT2D eigenvalue weighted by Gasteiger charge is -2.10. The highest BCUT2D eigenvalue weighted by molar-refractivity contribution is 5.69. The van der Waals surface area contributed by atoms with Crippen molar-refractivity contribution in [2.75, 3.05) is 0 Å². The van der Waals surface area contributed by atoms with Crippen LogP contribution in [0.25, 0.3) is 0 Å². The van der Waals surface area contributed by atoms with E-state index in [2.05, 4.69) is 19.1 Å². The molecule has 0 aromatic heterocycles. The second kappa shape index (κ2) is 20.5. The summed E-state index contributed by atoms with van der Waals surface area (Å²) in [5, 5.41) is 0. The van der Waals surface area contributed by atoms with E-state index in [0.717, 1.165) is 19.3 Å². The maximum absolute atomic E-state index is 11.8. The van der Waals surface area contributed by atoms with Crippen LogP contribution >= 0.6 is 0 Å². The van der Waals surface area contributed by atoms with Gasteiger partial charge in [0.1, 0.15) is 6.10 Å². The topological polar surface area (TPSA) is 26.3 Å². The summed E-state index contributed by atoms with van der Waals surface area (Å²) in [5.41, 5.74) is 0. The van der Waals surface area contributed by atoms with Crippen LogP contribution in [0.15, 0.2) is 12.2 Å². The van der Waals surface area contributed by atoms with Gasteiger partial charge in [0.2, 0.25) is 0 Å². The molecule has 1 saturated carbocycles. The van der Waals surface area contributed by atoms with Crippen molar-refractivity contribution >= 4 is 5.97 Å². The standard InChI is InChI=1S/C27H50O2/c1-2-3-4-5-6-7-8-9-10-11-12-13-14-15-16-17-18-19-20-25-27(28)29-26-23-21-22-24-26/h9-10,26H,2-8,11-25H2,1H3/b10-9-. The first kappa shape index (κ1) is 26.2. The first-order valence-electron chi connectivity index (χ1n) is 13.2. The first-order valence-corrected chi connectivity index (χ1v) is 13.2. The van der Waals surface area contributed by atoms with Gasteiger partial charge in [-0.15, -0.1) is 0 Å². The Morgan fingerprint density at radius 2 is 1.14 bits per heavy atom. The fourth-order valence-corrected chi connectivity index (χ4v) is 4.30. The lowest BCUT2D eigenvalue weighted by molar-refractivity contribution is -0.148. The van der Waals surface area contributed by atoms with Gasteiger partial charge >= 0.3 is 5.97 Å². The Balaban J connectivity index is 1.71. The van der Waals surface area contributed by atoms with Crippen LogP contribution in [-0.4, -0.2) is 12.1 Å². The zero-order chi connectivity index (χ0) is 20.8. The number of allylic oxidation sites excluding steroid dienone is 2. The van der Waals surface area contributed by atoms with E-state index in [1.54, 1.807) is 0 Å². The summed E-state index contributed by atoms with van der Waals surface area (Å²) in [7, 11) is 0. The number of carbonyl (C=O) groups is 1. The van der Waals surface area contributed by atoms with Gasteiger partial charge in [0, 0.05) is 6.42 Å². The second-order valence-electron chi connectivity index (χ2n) is 9.14. The molecule has 0 amide bonds. The molecule has 29 heavy (non-hydrogen) atoms. The minimum absolute atomic E-state index is 0.0397. The minimum atomic E-state index is 0.0397. The largest absolute Gasteiger partial charge is 0.462 e. The number of hydrogen-bond donors (Lipinski definition) is 0. The number of carbonyl (C=O) groups excluding carboxylic acids is 1. The highest BCUT2D eigenvalue weighted by atomic mass is 16.5. The second-order valence-corrected chi connectivity index (χ2v) is 9.14. The molecule has 0 aliphatic heterocycles. The van der Waals surface area contributed by atoms with E-state index in [-0.39, 0.29) is 12.1 Å². The van der Waals surface area contributed by atoms with E-state index in [1.165, 1.54) is 116 Å². The molecule has 1 rings (SSSR count). The molecule has 0 atom stereocenters. The minimum Gasteiger partial charge on any atom is -0.462 e. The third-order valence-corrected chi connectivity index (χ3v) is 6.24. The van der Waals surface area contributed by atoms with Gasteiger partial charge in [0.25, 0.3) is 0 Å². The molecule has 0 bridgehead atoms. The zero-order valence-corrected chi connectivity index (χ0v) is 19.6. The molecule has 170 valence electrons. The van der Waals surface area contributed by atoms with Crippen molar-refractivity contribution in [2.45, 2.75) is 154 Å². The van der Waals surface area contributed by atoms with Crippen molar-refractivity contribution in [3.8, 4) is 0 Å². The Morgan fingerprint density at radius 3 is 1.66 bits per heavy atom. The summed E-state index contributed by atoms with van der Waals surface area (Å²) in [6.07, 6.45) is 32.9. The van der Waals surface area contributed by atoms with Crippen LogP contribution in [0.4, 0.5) is 0 Å². The first-order chi connectivity index (χ1) is 14.3. The summed E-state index contributed by atoms with van der Waals surface area (Å²) in [6, 6.07) is 0. The molecule has 0 unspecified atom stereocenters. The molecule has 0 spiro atoms. The maximum Gasteiger partial charge on any atom is 0.306 e. The van der Waals surface area contributed by atoms with Gasteiger partial charge in [-0.3, -0.25) is 4.79 Å². The van der Waals surface area contributed by atoms with Crippen molar-refractivity contribution < 1.29 is 9.53 Å². The lowest BCUT2D eigenvalue weighted by Crippen LogP contribution is -2.14. The molecule has 0 N–H and O–H groups in total.